The lowest BCUT2D eigenvalue weighted by Crippen LogP contribution is -2.26. The van der Waals surface area contributed by atoms with Gasteiger partial charge in [0.15, 0.2) is 5.78 Å². The number of pyridine rings is 1. The van der Waals surface area contributed by atoms with E-state index in [2.05, 4.69) is 15.3 Å². The van der Waals surface area contributed by atoms with Gasteiger partial charge in [-0.25, -0.2) is 0 Å². The maximum Gasteiger partial charge on any atom is 0.416 e. The van der Waals surface area contributed by atoms with Gasteiger partial charge in [0.2, 0.25) is 0 Å². The average molecular weight is 399 g/mol. The molecule has 4 rings (SSSR count). The van der Waals surface area contributed by atoms with Crippen molar-refractivity contribution in [1.29, 1.82) is 0 Å². The van der Waals surface area contributed by atoms with Crippen LogP contribution in [0.15, 0.2) is 48.8 Å². The topological polar surface area (TPSA) is 57.8 Å². The second-order valence-electron chi connectivity index (χ2n) is 8.11. The quantitative estimate of drug-likeness (QED) is 0.568. The zero-order valence-corrected chi connectivity index (χ0v) is 16.0. The van der Waals surface area contributed by atoms with E-state index < -0.39 is 11.7 Å². The van der Waals surface area contributed by atoms with Crippen LogP contribution in [0.3, 0.4) is 0 Å². The lowest BCUT2D eigenvalue weighted by Gasteiger charge is -2.28. The highest BCUT2D eigenvalue weighted by molar-refractivity contribution is 6.07. The molecule has 2 heterocycles. The molecule has 4 nitrogen and oxygen atoms in total. The Morgan fingerprint density at radius 1 is 1.10 bits per heavy atom. The second kappa shape index (κ2) is 6.76. The van der Waals surface area contributed by atoms with Crippen molar-refractivity contribution in [2.24, 2.45) is 5.41 Å². The molecular formula is C22H20F3N3O. The molecule has 0 aliphatic heterocycles. The molecule has 1 aliphatic rings. The highest BCUT2D eigenvalue weighted by Gasteiger charge is 2.36. The summed E-state index contributed by atoms with van der Waals surface area (Å²) in [6.45, 7) is 4.06. The summed E-state index contributed by atoms with van der Waals surface area (Å²) >= 11 is 0. The molecule has 0 atom stereocenters. The Hall–Kier alpha value is -3.09. The Labute approximate surface area is 166 Å². The maximum absolute atomic E-state index is 13.1. The maximum atomic E-state index is 13.1. The Bertz CT molecular complexity index is 1070. The first-order valence-electron chi connectivity index (χ1n) is 9.27. The van der Waals surface area contributed by atoms with Crippen molar-refractivity contribution in [2.75, 3.05) is 5.32 Å². The molecule has 3 aromatic rings. The SMILES string of the molecule is CC1(C)CC(=O)c2c([nH]c(-c3ccncc3)c2Nc2cccc(C(F)(F)F)c2)C1. The van der Waals surface area contributed by atoms with Gasteiger partial charge in [-0.15, -0.1) is 0 Å². The van der Waals surface area contributed by atoms with Crippen LogP contribution in [0.2, 0.25) is 0 Å². The summed E-state index contributed by atoms with van der Waals surface area (Å²) in [5.74, 6) is -0.0257. The Balaban J connectivity index is 1.84. The summed E-state index contributed by atoms with van der Waals surface area (Å²) < 4.78 is 39.3. The number of Topliss-reactive ketones (excluding diaryl/α,β-unsaturated/α-hetero) is 1. The highest BCUT2D eigenvalue weighted by atomic mass is 19.4. The molecule has 2 aromatic heterocycles. The molecule has 7 heteroatoms. The Kier molecular flexibility index (Phi) is 4.48. The number of rotatable bonds is 3. The summed E-state index contributed by atoms with van der Waals surface area (Å²) in [6.07, 6.45) is -0.117. The number of nitrogens with one attached hydrogen (secondary N) is 2. The van der Waals surface area contributed by atoms with Crippen LogP contribution in [-0.4, -0.2) is 15.8 Å². The van der Waals surface area contributed by atoms with Crippen LogP contribution >= 0.6 is 0 Å². The molecule has 0 saturated heterocycles. The number of carbonyl (C=O) groups excluding carboxylic acids is 1. The van der Waals surface area contributed by atoms with Gasteiger partial charge in [-0.3, -0.25) is 9.78 Å². The smallest absolute Gasteiger partial charge is 0.356 e. The predicted octanol–water partition coefficient (Wildman–Crippen LogP) is 5.99. The fraction of sp³-hybridized carbons (Fsp3) is 0.273. The predicted molar refractivity (Wildman–Crippen MR) is 105 cm³/mol. The van der Waals surface area contributed by atoms with Crippen LogP contribution in [-0.2, 0) is 12.6 Å². The number of ketones is 1. The number of hydrogen-bond donors (Lipinski definition) is 2. The number of anilines is 2. The van der Waals surface area contributed by atoms with Crippen LogP contribution in [0.1, 0.15) is 41.9 Å². The first-order chi connectivity index (χ1) is 13.6. The number of fused-ring (bicyclic) bond motifs is 1. The van der Waals surface area contributed by atoms with E-state index in [0.29, 0.717) is 29.8 Å². The van der Waals surface area contributed by atoms with Crippen molar-refractivity contribution < 1.29 is 18.0 Å². The van der Waals surface area contributed by atoms with E-state index in [-0.39, 0.29) is 16.9 Å². The minimum Gasteiger partial charge on any atom is -0.356 e. The van der Waals surface area contributed by atoms with Crippen molar-refractivity contribution in [3.63, 3.8) is 0 Å². The minimum absolute atomic E-state index is 0.0257. The van der Waals surface area contributed by atoms with Gasteiger partial charge in [0.05, 0.1) is 22.5 Å². The van der Waals surface area contributed by atoms with Gasteiger partial charge in [-0.1, -0.05) is 19.9 Å². The van der Waals surface area contributed by atoms with Gasteiger partial charge in [-0.05, 0) is 42.2 Å². The number of alkyl halides is 3. The summed E-state index contributed by atoms with van der Waals surface area (Å²) in [6, 6.07) is 8.57. The molecule has 1 aromatic carbocycles. The zero-order chi connectivity index (χ0) is 20.8. The molecule has 2 N–H and O–H groups in total. The molecule has 0 spiro atoms. The first-order valence-corrected chi connectivity index (χ1v) is 9.27. The third kappa shape index (κ3) is 3.77. The van der Waals surface area contributed by atoms with E-state index in [1.807, 2.05) is 13.8 Å². The van der Waals surface area contributed by atoms with Gasteiger partial charge >= 0.3 is 6.18 Å². The molecule has 0 saturated carbocycles. The zero-order valence-electron chi connectivity index (χ0n) is 16.0. The number of aromatic nitrogens is 2. The van der Waals surface area contributed by atoms with E-state index >= 15 is 0 Å². The highest BCUT2D eigenvalue weighted by Crippen LogP contribution is 2.43. The second-order valence-corrected chi connectivity index (χ2v) is 8.11. The number of aromatic amines is 1. The fourth-order valence-corrected chi connectivity index (χ4v) is 3.83. The van der Waals surface area contributed by atoms with Crippen molar-refractivity contribution >= 4 is 17.2 Å². The normalized spacial score (nSPS) is 15.8. The van der Waals surface area contributed by atoms with Crippen molar-refractivity contribution in [1.82, 2.24) is 9.97 Å². The van der Waals surface area contributed by atoms with Gasteiger partial charge in [0, 0.05) is 35.8 Å². The standard InChI is InChI=1S/C22H20F3N3O/c1-21(2)11-16-18(17(29)12-21)20(19(28-16)13-6-8-26-9-7-13)27-15-5-3-4-14(10-15)22(23,24)25/h3-10,27-28H,11-12H2,1-2H3. The molecule has 0 amide bonds. The van der Waals surface area contributed by atoms with Crippen LogP contribution in [0.25, 0.3) is 11.3 Å². The van der Waals surface area contributed by atoms with Crippen molar-refractivity contribution in [3.8, 4) is 11.3 Å². The van der Waals surface area contributed by atoms with Crippen molar-refractivity contribution in [3.05, 3.63) is 65.6 Å². The number of benzene rings is 1. The molecule has 0 fully saturated rings. The van der Waals surface area contributed by atoms with E-state index in [1.165, 1.54) is 6.07 Å². The van der Waals surface area contributed by atoms with Gasteiger partial charge in [0.25, 0.3) is 0 Å². The molecule has 0 unspecified atom stereocenters. The average Bonchev–Trinajstić information content (AvgIpc) is 2.99. The third-order valence-corrected chi connectivity index (χ3v) is 5.08. The summed E-state index contributed by atoms with van der Waals surface area (Å²) in [5, 5.41) is 3.08. The molecule has 1 aliphatic carbocycles. The number of hydrogen-bond acceptors (Lipinski definition) is 3. The lowest BCUT2D eigenvalue weighted by molar-refractivity contribution is -0.137. The van der Waals surface area contributed by atoms with E-state index in [4.69, 9.17) is 0 Å². The van der Waals surface area contributed by atoms with Crippen LogP contribution in [0.5, 0.6) is 0 Å². The molecule has 0 bridgehead atoms. The van der Waals surface area contributed by atoms with Crippen LogP contribution < -0.4 is 5.32 Å². The van der Waals surface area contributed by atoms with E-state index in [0.717, 1.165) is 23.4 Å². The van der Waals surface area contributed by atoms with Gasteiger partial charge in [0.1, 0.15) is 0 Å². The third-order valence-electron chi connectivity index (χ3n) is 5.08. The first kappa shape index (κ1) is 19.2. The number of nitrogens with zero attached hydrogens (tertiary/aromatic N) is 1. The largest absolute Gasteiger partial charge is 0.416 e. The van der Waals surface area contributed by atoms with Gasteiger partial charge < -0.3 is 10.3 Å². The fourth-order valence-electron chi connectivity index (χ4n) is 3.83. The Morgan fingerprint density at radius 2 is 1.83 bits per heavy atom. The van der Waals surface area contributed by atoms with E-state index in [9.17, 15) is 18.0 Å². The summed E-state index contributed by atoms with van der Waals surface area (Å²) in [5.41, 5.74) is 2.64. The Morgan fingerprint density at radius 3 is 2.52 bits per heavy atom. The monoisotopic (exact) mass is 399 g/mol. The van der Waals surface area contributed by atoms with Crippen LogP contribution in [0, 0.1) is 5.41 Å². The molecular weight excluding hydrogens is 379 g/mol. The number of carbonyl (C=O) groups is 1. The van der Waals surface area contributed by atoms with Crippen LogP contribution in [0.4, 0.5) is 24.5 Å². The molecule has 0 radical (unpaired) electrons. The summed E-state index contributed by atoms with van der Waals surface area (Å²) in [4.78, 5) is 20.3. The molecule has 150 valence electrons. The summed E-state index contributed by atoms with van der Waals surface area (Å²) in [7, 11) is 0. The van der Waals surface area contributed by atoms with Crippen molar-refractivity contribution in [2.45, 2.75) is 32.9 Å². The van der Waals surface area contributed by atoms with E-state index in [1.54, 1.807) is 30.6 Å². The number of halogens is 3. The number of H-pyrrole nitrogens is 1. The minimum atomic E-state index is -4.44. The lowest BCUT2D eigenvalue weighted by atomic mass is 9.76. The molecule has 29 heavy (non-hydrogen) atoms. The van der Waals surface area contributed by atoms with Gasteiger partial charge in [-0.2, -0.15) is 13.2 Å².